The van der Waals surface area contributed by atoms with E-state index in [4.69, 9.17) is 0 Å². The SMILES string of the molecule is CC1CN(S(=O)(=O)Cc2ccncc2)CCN1. The first kappa shape index (κ1) is 12.5. The number of piperazine rings is 1. The van der Waals surface area contributed by atoms with Gasteiger partial charge in [0.25, 0.3) is 0 Å². The lowest BCUT2D eigenvalue weighted by Crippen LogP contribution is -2.51. The van der Waals surface area contributed by atoms with Crippen molar-refractivity contribution < 1.29 is 8.42 Å². The zero-order valence-electron chi connectivity index (χ0n) is 9.83. The van der Waals surface area contributed by atoms with Gasteiger partial charge in [-0.1, -0.05) is 0 Å². The van der Waals surface area contributed by atoms with E-state index in [2.05, 4.69) is 10.3 Å². The largest absolute Gasteiger partial charge is 0.312 e. The van der Waals surface area contributed by atoms with Gasteiger partial charge in [0.05, 0.1) is 5.75 Å². The molecule has 0 spiro atoms. The van der Waals surface area contributed by atoms with Gasteiger partial charge in [-0.15, -0.1) is 0 Å². The van der Waals surface area contributed by atoms with Crippen molar-refractivity contribution in [3.8, 4) is 0 Å². The standard InChI is InChI=1S/C11H17N3O2S/c1-10-8-14(7-6-13-10)17(15,16)9-11-2-4-12-5-3-11/h2-5,10,13H,6-9H2,1H3. The highest BCUT2D eigenvalue weighted by atomic mass is 32.2. The summed E-state index contributed by atoms with van der Waals surface area (Å²) in [4.78, 5) is 3.88. The summed E-state index contributed by atoms with van der Waals surface area (Å²) in [5, 5.41) is 3.23. The second kappa shape index (κ2) is 5.12. The molecule has 1 aromatic rings. The fourth-order valence-electron chi connectivity index (χ4n) is 1.93. The van der Waals surface area contributed by atoms with Crippen LogP contribution in [0.3, 0.4) is 0 Å². The molecular formula is C11H17N3O2S. The molecule has 2 rings (SSSR count). The number of rotatable bonds is 3. The van der Waals surface area contributed by atoms with E-state index in [1.165, 1.54) is 0 Å². The predicted octanol–water partition coefficient (Wildman–Crippen LogP) is 0.205. The van der Waals surface area contributed by atoms with Gasteiger partial charge in [0.2, 0.25) is 10.0 Å². The minimum absolute atomic E-state index is 0.0578. The van der Waals surface area contributed by atoms with Crippen molar-refractivity contribution in [1.29, 1.82) is 0 Å². The highest BCUT2D eigenvalue weighted by molar-refractivity contribution is 7.88. The van der Waals surface area contributed by atoms with Crippen LogP contribution in [0.15, 0.2) is 24.5 Å². The third-order valence-corrected chi connectivity index (χ3v) is 4.64. The smallest absolute Gasteiger partial charge is 0.218 e. The van der Waals surface area contributed by atoms with Crippen molar-refractivity contribution in [2.45, 2.75) is 18.7 Å². The molecule has 1 fully saturated rings. The maximum atomic E-state index is 12.2. The number of aromatic nitrogens is 1. The van der Waals surface area contributed by atoms with Crippen molar-refractivity contribution in [3.05, 3.63) is 30.1 Å². The van der Waals surface area contributed by atoms with Crippen molar-refractivity contribution >= 4 is 10.0 Å². The summed E-state index contributed by atoms with van der Waals surface area (Å²) in [5.41, 5.74) is 0.784. The Kier molecular flexibility index (Phi) is 3.76. The Hall–Kier alpha value is -0.980. The summed E-state index contributed by atoms with van der Waals surface area (Å²) in [6, 6.07) is 3.70. The van der Waals surface area contributed by atoms with Crippen LogP contribution in [0.5, 0.6) is 0 Å². The van der Waals surface area contributed by atoms with Crippen LogP contribution in [0, 0.1) is 0 Å². The molecule has 0 saturated carbocycles. The fraction of sp³-hybridized carbons (Fsp3) is 0.545. The molecule has 0 bridgehead atoms. The molecule has 1 saturated heterocycles. The van der Waals surface area contributed by atoms with Crippen molar-refractivity contribution in [2.75, 3.05) is 19.6 Å². The summed E-state index contributed by atoms with van der Waals surface area (Å²) in [6.07, 6.45) is 3.23. The first-order valence-corrected chi connectivity index (χ1v) is 7.29. The number of hydrogen-bond donors (Lipinski definition) is 1. The number of nitrogens with one attached hydrogen (secondary N) is 1. The Morgan fingerprint density at radius 1 is 1.47 bits per heavy atom. The lowest BCUT2D eigenvalue weighted by molar-refractivity contribution is 0.310. The van der Waals surface area contributed by atoms with Gasteiger partial charge in [0, 0.05) is 38.1 Å². The van der Waals surface area contributed by atoms with E-state index in [0.29, 0.717) is 13.1 Å². The van der Waals surface area contributed by atoms with Crippen LogP contribution < -0.4 is 5.32 Å². The van der Waals surface area contributed by atoms with Crippen molar-refractivity contribution in [2.24, 2.45) is 0 Å². The van der Waals surface area contributed by atoms with Gasteiger partial charge < -0.3 is 5.32 Å². The van der Waals surface area contributed by atoms with Gasteiger partial charge in [-0.2, -0.15) is 4.31 Å². The third-order valence-electron chi connectivity index (χ3n) is 2.82. The molecule has 94 valence electrons. The lowest BCUT2D eigenvalue weighted by atomic mass is 10.3. The maximum Gasteiger partial charge on any atom is 0.218 e. The molecule has 1 aromatic heterocycles. The van der Waals surface area contributed by atoms with Crippen LogP contribution in [-0.4, -0.2) is 43.4 Å². The molecule has 17 heavy (non-hydrogen) atoms. The van der Waals surface area contributed by atoms with Crippen LogP contribution in [0.1, 0.15) is 12.5 Å². The van der Waals surface area contributed by atoms with Gasteiger partial charge in [-0.3, -0.25) is 4.98 Å². The molecule has 1 aliphatic heterocycles. The fourth-order valence-corrected chi connectivity index (χ4v) is 3.55. The molecule has 0 radical (unpaired) electrons. The molecule has 1 atom stereocenters. The second-order valence-electron chi connectivity index (χ2n) is 4.32. The first-order valence-electron chi connectivity index (χ1n) is 5.68. The van der Waals surface area contributed by atoms with Gasteiger partial charge >= 0.3 is 0 Å². The molecule has 6 heteroatoms. The first-order chi connectivity index (χ1) is 8.08. The summed E-state index contributed by atoms with van der Waals surface area (Å²) >= 11 is 0. The molecule has 1 aliphatic rings. The number of pyridine rings is 1. The quantitative estimate of drug-likeness (QED) is 0.838. The lowest BCUT2D eigenvalue weighted by Gasteiger charge is -2.31. The van der Waals surface area contributed by atoms with E-state index < -0.39 is 10.0 Å². The average molecular weight is 255 g/mol. The Balaban J connectivity index is 2.08. The average Bonchev–Trinajstić information content (AvgIpc) is 2.30. The number of nitrogens with zero attached hydrogens (tertiary/aromatic N) is 2. The summed E-state index contributed by atoms with van der Waals surface area (Å²) in [5.74, 6) is 0.0578. The normalized spacial score (nSPS) is 22.5. The van der Waals surface area contributed by atoms with Crippen LogP contribution in [-0.2, 0) is 15.8 Å². The molecule has 0 aromatic carbocycles. The summed E-state index contributed by atoms with van der Waals surface area (Å²) in [7, 11) is -3.20. The van der Waals surface area contributed by atoms with E-state index in [9.17, 15) is 8.42 Å². The highest BCUT2D eigenvalue weighted by Gasteiger charge is 2.26. The minimum Gasteiger partial charge on any atom is -0.312 e. The Morgan fingerprint density at radius 2 is 2.18 bits per heavy atom. The van der Waals surface area contributed by atoms with E-state index in [0.717, 1.165) is 12.1 Å². The van der Waals surface area contributed by atoms with Crippen LogP contribution in [0.4, 0.5) is 0 Å². The van der Waals surface area contributed by atoms with Crippen molar-refractivity contribution in [3.63, 3.8) is 0 Å². The summed E-state index contributed by atoms with van der Waals surface area (Å²) < 4.78 is 25.9. The number of sulfonamides is 1. The van der Waals surface area contributed by atoms with Crippen LogP contribution in [0.2, 0.25) is 0 Å². The Morgan fingerprint density at radius 3 is 2.82 bits per heavy atom. The maximum absolute atomic E-state index is 12.2. The molecule has 1 unspecified atom stereocenters. The molecule has 2 heterocycles. The summed E-state index contributed by atoms with van der Waals surface area (Å²) in [6.45, 7) is 3.82. The van der Waals surface area contributed by atoms with Gasteiger partial charge in [0.15, 0.2) is 0 Å². The second-order valence-corrected chi connectivity index (χ2v) is 6.29. The van der Waals surface area contributed by atoms with E-state index >= 15 is 0 Å². The molecular weight excluding hydrogens is 238 g/mol. The third kappa shape index (κ3) is 3.24. The van der Waals surface area contributed by atoms with E-state index in [1.54, 1.807) is 28.8 Å². The van der Waals surface area contributed by atoms with Gasteiger partial charge in [-0.25, -0.2) is 8.42 Å². The molecule has 0 aliphatic carbocycles. The van der Waals surface area contributed by atoms with E-state index in [-0.39, 0.29) is 11.8 Å². The highest BCUT2D eigenvalue weighted by Crippen LogP contribution is 2.12. The molecule has 5 nitrogen and oxygen atoms in total. The Bertz CT molecular complexity index is 461. The number of hydrogen-bond acceptors (Lipinski definition) is 4. The van der Waals surface area contributed by atoms with Crippen molar-refractivity contribution in [1.82, 2.24) is 14.6 Å². The van der Waals surface area contributed by atoms with Crippen LogP contribution in [0.25, 0.3) is 0 Å². The molecule has 1 N–H and O–H groups in total. The topological polar surface area (TPSA) is 62.3 Å². The predicted molar refractivity (Wildman–Crippen MR) is 65.9 cm³/mol. The molecule has 0 amide bonds. The van der Waals surface area contributed by atoms with Gasteiger partial charge in [0.1, 0.15) is 0 Å². The van der Waals surface area contributed by atoms with E-state index in [1.807, 2.05) is 6.92 Å². The Labute approximate surface area is 102 Å². The zero-order chi connectivity index (χ0) is 12.3. The van der Waals surface area contributed by atoms with Crippen LogP contribution >= 0.6 is 0 Å². The minimum atomic E-state index is -3.20. The van der Waals surface area contributed by atoms with Gasteiger partial charge in [-0.05, 0) is 24.6 Å². The zero-order valence-corrected chi connectivity index (χ0v) is 10.7. The monoisotopic (exact) mass is 255 g/mol.